The number of carbonyl (C=O) groups is 2. The lowest BCUT2D eigenvalue weighted by Crippen LogP contribution is -2.67. The molecule has 2 rings (SSSR count). The van der Waals surface area contributed by atoms with Crippen molar-refractivity contribution in [3.8, 4) is 0 Å². The summed E-state index contributed by atoms with van der Waals surface area (Å²) in [7, 11) is 0. The fourth-order valence-electron chi connectivity index (χ4n) is 1.94. The summed E-state index contributed by atoms with van der Waals surface area (Å²) in [4.78, 5) is 25.6. The molecule has 0 aromatic carbocycles. The first kappa shape index (κ1) is 12.5. The second-order valence-electron chi connectivity index (χ2n) is 4.94. The highest BCUT2D eigenvalue weighted by Gasteiger charge is 2.43. The maximum Gasteiger partial charge on any atom is 0.248 e. The summed E-state index contributed by atoms with van der Waals surface area (Å²) in [6, 6.07) is 3.05. The third kappa shape index (κ3) is 2.18. The van der Waals surface area contributed by atoms with Crippen LogP contribution in [0.1, 0.15) is 26.5 Å². The molecule has 18 heavy (non-hydrogen) atoms. The Hall–Kier alpha value is -1.98. The van der Waals surface area contributed by atoms with Gasteiger partial charge in [-0.05, 0) is 32.9 Å². The molecule has 1 aliphatic rings. The predicted molar refractivity (Wildman–Crippen MR) is 64.3 cm³/mol. The lowest BCUT2D eigenvalue weighted by molar-refractivity contribution is -0.153. The highest BCUT2D eigenvalue weighted by molar-refractivity contribution is 5.99. The number of aromatic nitrogens is 2. The van der Waals surface area contributed by atoms with Crippen molar-refractivity contribution in [1.29, 1.82) is 0 Å². The lowest BCUT2D eigenvalue weighted by Gasteiger charge is -2.41. The Kier molecular flexibility index (Phi) is 3.02. The van der Waals surface area contributed by atoms with Crippen LogP contribution in [-0.4, -0.2) is 38.5 Å². The minimum absolute atomic E-state index is 0.111. The van der Waals surface area contributed by atoms with Gasteiger partial charge in [0.15, 0.2) is 0 Å². The smallest absolute Gasteiger partial charge is 0.248 e. The largest absolute Gasteiger partial charge is 0.340 e. The van der Waals surface area contributed by atoms with Crippen LogP contribution < -0.4 is 5.32 Å². The summed E-state index contributed by atoms with van der Waals surface area (Å²) < 4.78 is 0. The van der Waals surface area contributed by atoms with Gasteiger partial charge in [-0.25, -0.2) is 0 Å². The lowest BCUT2D eigenvalue weighted by atomic mass is 9.97. The maximum absolute atomic E-state index is 12.3. The number of nitrogens with zero attached hydrogens (tertiary/aromatic N) is 3. The van der Waals surface area contributed by atoms with E-state index >= 15 is 0 Å². The van der Waals surface area contributed by atoms with Crippen LogP contribution in [0, 0.1) is 0 Å². The van der Waals surface area contributed by atoms with E-state index < -0.39 is 11.6 Å². The molecule has 6 nitrogen and oxygen atoms in total. The summed E-state index contributed by atoms with van der Waals surface area (Å²) in [6.07, 6.45) is 1.57. The fraction of sp³-hybridized carbons (Fsp3) is 0.500. The Morgan fingerprint density at radius 2 is 2.17 bits per heavy atom. The van der Waals surface area contributed by atoms with Gasteiger partial charge in [0, 0.05) is 6.20 Å². The minimum Gasteiger partial charge on any atom is -0.340 e. The normalized spacial score (nSPS) is 22.8. The second kappa shape index (κ2) is 4.36. The SMILES string of the molecule is CC1C(=O)NC(C)(C)C(=O)N1Cc1cccnn1. The summed E-state index contributed by atoms with van der Waals surface area (Å²) in [6.45, 7) is 5.40. The zero-order chi connectivity index (χ0) is 13.3. The zero-order valence-corrected chi connectivity index (χ0v) is 10.7. The highest BCUT2D eigenvalue weighted by atomic mass is 16.2. The number of amides is 2. The molecule has 0 bridgehead atoms. The molecule has 1 N–H and O–H groups in total. The van der Waals surface area contributed by atoms with Crippen LogP contribution in [0.25, 0.3) is 0 Å². The number of hydrogen-bond donors (Lipinski definition) is 1. The fourth-order valence-corrected chi connectivity index (χ4v) is 1.94. The Morgan fingerprint density at radius 3 is 2.78 bits per heavy atom. The first-order valence-electron chi connectivity index (χ1n) is 5.81. The summed E-state index contributed by atoms with van der Waals surface area (Å²) in [5, 5.41) is 10.4. The number of hydrogen-bond acceptors (Lipinski definition) is 4. The van der Waals surface area contributed by atoms with Crippen LogP contribution in [0.5, 0.6) is 0 Å². The molecule has 1 aliphatic heterocycles. The summed E-state index contributed by atoms with van der Waals surface area (Å²) in [5.74, 6) is -0.260. The van der Waals surface area contributed by atoms with Gasteiger partial charge in [0.05, 0.1) is 12.2 Å². The van der Waals surface area contributed by atoms with Crippen LogP contribution >= 0.6 is 0 Å². The quantitative estimate of drug-likeness (QED) is 0.805. The van der Waals surface area contributed by atoms with Gasteiger partial charge in [-0.2, -0.15) is 10.2 Å². The van der Waals surface area contributed by atoms with Crippen molar-refractivity contribution < 1.29 is 9.59 Å². The zero-order valence-electron chi connectivity index (χ0n) is 10.7. The molecule has 96 valence electrons. The van der Waals surface area contributed by atoms with Gasteiger partial charge in [-0.3, -0.25) is 9.59 Å². The second-order valence-corrected chi connectivity index (χ2v) is 4.94. The van der Waals surface area contributed by atoms with Gasteiger partial charge in [0.1, 0.15) is 11.6 Å². The van der Waals surface area contributed by atoms with Crippen LogP contribution in [0.3, 0.4) is 0 Å². The topological polar surface area (TPSA) is 75.2 Å². The Labute approximate surface area is 105 Å². The van der Waals surface area contributed by atoms with Gasteiger partial charge in [-0.1, -0.05) is 0 Å². The van der Waals surface area contributed by atoms with E-state index in [1.165, 1.54) is 4.90 Å². The van der Waals surface area contributed by atoms with E-state index in [9.17, 15) is 9.59 Å². The Morgan fingerprint density at radius 1 is 1.44 bits per heavy atom. The standard InChI is InChI=1S/C12H16N4O2/c1-8-10(17)14-12(2,3)11(18)16(8)7-9-5-4-6-13-15-9/h4-6,8H,7H2,1-3H3,(H,14,17). The van der Waals surface area contributed by atoms with Gasteiger partial charge >= 0.3 is 0 Å². The van der Waals surface area contributed by atoms with E-state index in [1.54, 1.807) is 39.1 Å². The molecule has 1 unspecified atom stereocenters. The average molecular weight is 248 g/mol. The maximum atomic E-state index is 12.3. The van der Waals surface area contributed by atoms with Gasteiger partial charge in [0.25, 0.3) is 0 Å². The van der Waals surface area contributed by atoms with E-state index in [0.29, 0.717) is 12.2 Å². The Balaban J connectivity index is 2.24. The molecule has 2 amide bonds. The number of nitrogens with one attached hydrogen (secondary N) is 1. The van der Waals surface area contributed by atoms with Crippen LogP contribution in [0.15, 0.2) is 18.3 Å². The number of piperazine rings is 1. The molecule has 6 heteroatoms. The van der Waals surface area contributed by atoms with E-state index in [4.69, 9.17) is 0 Å². The number of rotatable bonds is 2. The van der Waals surface area contributed by atoms with Crippen molar-refractivity contribution in [2.45, 2.75) is 38.9 Å². The molecule has 0 radical (unpaired) electrons. The third-order valence-electron chi connectivity index (χ3n) is 3.04. The van der Waals surface area contributed by atoms with Crippen molar-refractivity contribution in [1.82, 2.24) is 20.4 Å². The van der Waals surface area contributed by atoms with Gasteiger partial charge < -0.3 is 10.2 Å². The first-order chi connectivity index (χ1) is 8.42. The molecule has 1 aromatic rings. The molecule has 0 aliphatic carbocycles. The van der Waals surface area contributed by atoms with Crippen LogP contribution in [-0.2, 0) is 16.1 Å². The Bertz CT molecular complexity index is 472. The monoisotopic (exact) mass is 248 g/mol. The minimum atomic E-state index is -0.869. The van der Waals surface area contributed by atoms with Crippen LogP contribution in [0.2, 0.25) is 0 Å². The summed E-state index contributed by atoms with van der Waals surface area (Å²) in [5.41, 5.74) is -0.200. The molecule has 2 heterocycles. The molecule has 1 aromatic heterocycles. The third-order valence-corrected chi connectivity index (χ3v) is 3.04. The van der Waals surface area contributed by atoms with Crippen molar-refractivity contribution >= 4 is 11.8 Å². The van der Waals surface area contributed by atoms with Crippen molar-refractivity contribution in [3.63, 3.8) is 0 Å². The molecule has 1 fully saturated rings. The molecular formula is C12H16N4O2. The first-order valence-corrected chi connectivity index (χ1v) is 5.81. The van der Waals surface area contributed by atoms with Crippen molar-refractivity contribution in [2.75, 3.05) is 0 Å². The molecule has 1 atom stereocenters. The molecule has 0 saturated carbocycles. The van der Waals surface area contributed by atoms with E-state index in [2.05, 4.69) is 15.5 Å². The van der Waals surface area contributed by atoms with E-state index in [-0.39, 0.29) is 11.8 Å². The molecular weight excluding hydrogens is 232 g/mol. The highest BCUT2D eigenvalue weighted by Crippen LogP contribution is 2.19. The summed E-state index contributed by atoms with van der Waals surface area (Å²) >= 11 is 0. The number of carbonyl (C=O) groups excluding carboxylic acids is 2. The van der Waals surface area contributed by atoms with Crippen LogP contribution in [0.4, 0.5) is 0 Å². The predicted octanol–water partition coefficient (Wildman–Crippen LogP) is 0.102. The van der Waals surface area contributed by atoms with Gasteiger partial charge in [0.2, 0.25) is 11.8 Å². The van der Waals surface area contributed by atoms with Crippen molar-refractivity contribution in [2.24, 2.45) is 0 Å². The molecule has 0 spiro atoms. The molecule has 1 saturated heterocycles. The average Bonchev–Trinajstić information content (AvgIpc) is 2.33. The van der Waals surface area contributed by atoms with Crippen molar-refractivity contribution in [3.05, 3.63) is 24.0 Å². The van der Waals surface area contributed by atoms with E-state index in [1.807, 2.05) is 0 Å². The van der Waals surface area contributed by atoms with E-state index in [0.717, 1.165) is 0 Å². The van der Waals surface area contributed by atoms with Gasteiger partial charge in [-0.15, -0.1) is 0 Å².